The number of benzene rings is 3. The third-order valence-electron chi connectivity index (χ3n) is 10.6. The summed E-state index contributed by atoms with van der Waals surface area (Å²) in [6.07, 6.45) is 4.50. The van der Waals surface area contributed by atoms with Gasteiger partial charge in [0.1, 0.15) is 0 Å². The summed E-state index contributed by atoms with van der Waals surface area (Å²) in [7, 11) is -4.66. The number of fused-ring (bicyclic) bond motifs is 2. The smallest absolute Gasteiger partial charge is 0.301 e. The van der Waals surface area contributed by atoms with Gasteiger partial charge < -0.3 is 19.9 Å². The SMILES string of the molecule is Cc1cc(C)n2nc(S(=O)(=O)NC(=O)c3ccc(CC4=C(c5ccc(Cl)cc5)CC(C)(C)CC4)c(N4CCNCC4)c3Oc3cc4cc[nH]c4c(F)c3F)nc2n1. The van der Waals surface area contributed by atoms with Gasteiger partial charge >= 0.3 is 10.0 Å². The predicted molar refractivity (Wildman–Crippen MR) is 214 cm³/mol. The Morgan fingerprint density at radius 2 is 1.77 bits per heavy atom. The van der Waals surface area contributed by atoms with Crippen LogP contribution in [0.2, 0.25) is 5.02 Å². The fourth-order valence-electron chi connectivity index (χ4n) is 7.77. The molecule has 2 aliphatic rings. The van der Waals surface area contributed by atoms with Crippen molar-refractivity contribution in [3.8, 4) is 11.5 Å². The van der Waals surface area contributed by atoms with Crippen LogP contribution in [0.1, 0.15) is 66.0 Å². The van der Waals surface area contributed by atoms with E-state index in [0.717, 1.165) is 30.4 Å². The first-order valence-corrected chi connectivity index (χ1v) is 20.5. The van der Waals surface area contributed by atoms with Crippen molar-refractivity contribution in [3.63, 3.8) is 0 Å². The number of nitrogens with zero attached hydrogens (tertiary/aromatic N) is 5. The van der Waals surface area contributed by atoms with Gasteiger partial charge in [-0.3, -0.25) is 4.79 Å². The van der Waals surface area contributed by atoms with Crippen LogP contribution in [-0.4, -0.2) is 65.1 Å². The number of ether oxygens (including phenoxy) is 1. The molecule has 0 saturated carbocycles. The number of hydrogen-bond acceptors (Lipinski definition) is 9. The van der Waals surface area contributed by atoms with E-state index in [1.807, 2.05) is 29.2 Å². The van der Waals surface area contributed by atoms with Crippen LogP contribution >= 0.6 is 11.6 Å². The molecule has 1 saturated heterocycles. The van der Waals surface area contributed by atoms with Crippen molar-refractivity contribution < 1.29 is 26.7 Å². The highest BCUT2D eigenvalue weighted by Crippen LogP contribution is 2.47. The Balaban J connectivity index is 1.28. The standard InChI is InChI=1S/C41H41ClF2N8O4S/c1-23-19-24(2)52-39(47-23)48-40(49-52)57(54,55)50-38(53)30-10-7-28(20-26-11-13-41(3,4)22-31(26)25-5-8-29(42)9-6-25)36(51-17-15-45-16-18-51)37(30)56-32-21-27-12-14-46-35(27)34(44)33(32)43/h5-10,12,14,19,21,45-46H,11,13,15-18,20,22H2,1-4H3,(H,50,53). The van der Waals surface area contributed by atoms with Crippen LogP contribution in [0.25, 0.3) is 22.3 Å². The molecular formula is C41H41ClF2N8O4S. The summed E-state index contributed by atoms with van der Waals surface area (Å²) in [5, 5.41) is 7.77. The van der Waals surface area contributed by atoms with Crippen LogP contribution in [-0.2, 0) is 16.4 Å². The molecule has 296 valence electrons. The maximum Gasteiger partial charge on any atom is 0.301 e. The number of carbonyl (C=O) groups is 1. The number of allylic oxidation sites excluding steroid dienone is 2. The zero-order valence-corrected chi connectivity index (χ0v) is 33.4. The second-order valence-electron chi connectivity index (χ2n) is 15.4. The summed E-state index contributed by atoms with van der Waals surface area (Å²) in [5.74, 6) is -4.03. The molecule has 3 N–H and O–H groups in total. The lowest BCUT2D eigenvalue weighted by Crippen LogP contribution is -2.44. The molecule has 0 bridgehead atoms. The number of carbonyl (C=O) groups excluding carboxylic acids is 1. The number of sulfonamides is 1. The van der Waals surface area contributed by atoms with E-state index in [2.05, 4.69) is 43.9 Å². The molecule has 3 aromatic heterocycles. The predicted octanol–water partition coefficient (Wildman–Crippen LogP) is 7.68. The van der Waals surface area contributed by atoms with Crippen molar-refractivity contribution in [3.05, 3.63) is 111 Å². The largest absolute Gasteiger partial charge is 0.451 e. The first kappa shape index (κ1) is 38.5. The van der Waals surface area contributed by atoms with Crippen LogP contribution in [0.4, 0.5) is 14.5 Å². The Hall–Kier alpha value is -5.38. The molecule has 0 radical (unpaired) electrons. The number of aromatic amines is 1. The van der Waals surface area contributed by atoms with Crippen molar-refractivity contribution >= 4 is 55.5 Å². The van der Waals surface area contributed by atoms with Crippen LogP contribution in [0.3, 0.4) is 0 Å². The molecule has 8 rings (SSSR count). The van der Waals surface area contributed by atoms with Gasteiger partial charge in [0, 0.05) is 54.2 Å². The van der Waals surface area contributed by atoms with E-state index in [1.165, 1.54) is 34.0 Å². The normalized spacial score (nSPS) is 16.1. The van der Waals surface area contributed by atoms with Crippen LogP contribution in [0, 0.1) is 30.9 Å². The summed E-state index contributed by atoms with van der Waals surface area (Å²) in [5.41, 5.74) is 5.67. The molecule has 3 aromatic carbocycles. The van der Waals surface area contributed by atoms with Gasteiger partial charge in [0.15, 0.2) is 17.3 Å². The Bertz CT molecular complexity index is 2710. The van der Waals surface area contributed by atoms with Crippen molar-refractivity contribution in [2.24, 2.45) is 5.41 Å². The van der Waals surface area contributed by atoms with E-state index in [-0.39, 0.29) is 28.0 Å². The third kappa shape index (κ3) is 7.58. The minimum absolute atomic E-state index is 0.0400. The molecule has 57 heavy (non-hydrogen) atoms. The van der Waals surface area contributed by atoms with Gasteiger partial charge in [-0.2, -0.15) is 17.8 Å². The molecule has 6 aromatic rings. The van der Waals surface area contributed by atoms with Crippen molar-refractivity contribution in [1.29, 1.82) is 0 Å². The molecule has 1 fully saturated rings. The van der Waals surface area contributed by atoms with Crippen molar-refractivity contribution in [1.82, 2.24) is 34.6 Å². The molecule has 16 heteroatoms. The monoisotopic (exact) mass is 814 g/mol. The highest BCUT2D eigenvalue weighted by Gasteiger charge is 2.33. The van der Waals surface area contributed by atoms with Crippen LogP contribution in [0.15, 0.2) is 71.5 Å². The van der Waals surface area contributed by atoms with Crippen LogP contribution < -0.4 is 19.7 Å². The van der Waals surface area contributed by atoms with Crippen LogP contribution in [0.5, 0.6) is 11.5 Å². The number of amides is 1. The highest BCUT2D eigenvalue weighted by molar-refractivity contribution is 7.89. The van der Waals surface area contributed by atoms with Crippen molar-refractivity contribution in [2.75, 3.05) is 31.1 Å². The maximum atomic E-state index is 15.9. The van der Waals surface area contributed by atoms with Gasteiger partial charge in [-0.05, 0) is 98.0 Å². The van der Waals surface area contributed by atoms with Gasteiger partial charge in [0.05, 0.1) is 16.8 Å². The van der Waals surface area contributed by atoms with Gasteiger partial charge in [-0.15, -0.1) is 5.10 Å². The Kier molecular flexibility index (Phi) is 10.0. The fourth-order valence-corrected chi connectivity index (χ4v) is 8.73. The second-order valence-corrected chi connectivity index (χ2v) is 17.4. The first-order valence-electron chi connectivity index (χ1n) is 18.7. The number of H-pyrrole nitrogens is 1. The Labute approximate surface area is 333 Å². The lowest BCUT2D eigenvalue weighted by atomic mass is 9.71. The number of rotatable bonds is 9. The van der Waals surface area contributed by atoms with E-state index in [0.29, 0.717) is 60.1 Å². The molecule has 1 aliphatic carbocycles. The van der Waals surface area contributed by atoms with Crippen molar-refractivity contribution in [2.45, 2.75) is 58.5 Å². The second kappa shape index (κ2) is 14.8. The molecule has 1 amide bonds. The van der Waals surface area contributed by atoms with Gasteiger partial charge in [-0.25, -0.2) is 18.6 Å². The Morgan fingerprint density at radius 3 is 2.53 bits per heavy atom. The van der Waals surface area contributed by atoms with Gasteiger partial charge in [0.25, 0.3) is 16.8 Å². The number of aryl methyl sites for hydroxylation is 2. The van der Waals surface area contributed by atoms with E-state index < -0.39 is 38.5 Å². The summed E-state index contributed by atoms with van der Waals surface area (Å²) in [4.78, 5) is 27.4. The number of hydrogen-bond donors (Lipinski definition) is 3. The lowest BCUT2D eigenvalue weighted by Gasteiger charge is -2.36. The number of halogens is 3. The third-order valence-corrected chi connectivity index (χ3v) is 12.0. The quantitative estimate of drug-likeness (QED) is 0.134. The molecular weight excluding hydrogens is 774 g/mol. The zero-order chi connectivity index (χ0) is 40.2. The van der Waals surface area contributed by atoms with Gasteiger partial charge in [0.2, 0.25) is 5.82 Å². The fraction of sp³-hybridized carbons (Fsp3) is 0.317. The average molecular weight is 815 g/mol. The molecule has 4 heterocycles. The number of piperazine rings is 1. The van der Waals surface area contributed by atoms with E-state index >= 15 is 8.78 Å². The molecule has 12 nitrogen and oxygen atoms in total. The minimum Gasteiger partial charge on any atom is -0.451 e. The van der Waals surface area contributed by atoms with E-state index in [1.54, 1.807) is 32.0 Å². The lowest BCUT2D eigenvalue weighted by molar-refractivity contribution is 0.0979. The molecule has 0 atom stereocenters. The maximum absolute atomic E-state index is 15.9. The summed E-state index contributed by atoms with van der Waals surface area (Å²) in [6.45, 7) is 10.1. The molecule has 0 spiro atoms. The average Bonchev–Trinajstić information content (AvgIpc) is 3.83. The summed E-state index contributed by atoms with van der Waals surface area (Å²) < 4.78 is 68.5. The zero-order valence-electron chi connectivity index (χ0n) is 31.8. The van der Waals surface area contributed by atoms with E-state index in [9.17, 15) is 13.2 Å². The first-order chi connectivity index (χ1) is 27.2. The number of aromatic nitrogens is 5. The number of nitrogens with one attached hydrogen (secondary N) is 3. The summed E-state index contributed by atoms with van der Waals surface area (Å²) >= 11 is 6.28. The van der Waals surface area contributed by atoms with Gasteiger partial charge in [-0.1, -0.05) is 49.2 Å². The minimum atomic E-state index is -4.66. The molecule has 0 unspecified atom stereocenters. The molecule has 1 aliphatic heterocycles. The summed E-state index contributed by atoms with van der Waals surface area (Å²) in [6, 6.07) is 15.7. The van der Waals surface area contributed by atoms with E-state index in [4.69, 9.17) is 16.3 Å². The Morgan fingerprint density at radius 1 is 1.02 bits per heavy atom. The highest BCUT2D eigenvalue weighted by atomic mass is 35.5. The topological polar surface area (TPSA) is 147 Å². The number of anilines is 1.